The summed E-state index contributed by atoms with van der Waals surface area (Å²) in [6, 6.07) is 8.83. The molecule has 1 N–H and O–H groups in total. The first-order chi connectivity index (χ1) is 15.0. The zero-order valence-corrected chi connectivity index (χ0v) is 17.0. The number of β-amino-alcohol motifs (C(OH)–C–C–N with tert-alkyl or cyclic N) is 1. The van der Waals surface area contributed by atoms with Gasteiger partial charge in [0.25, 0.3) is 0 Å². The minimum absolute atomic E-state index is 0.0622. The summed E-state index contributed by atoms with van der Waals surface area (Å²) in [7, 11) is 0. The van der Waals surface area contributed by atoms with Gasteiger partial charge in [-0.25, -0.2) is 0 Å². The molecule has 1 aliphatic heterocycles. The van der Waals surface area contributed by atoms with Gasteiger partial charge >= 0.3 is 12.4 Å². The normalized spacial score (nSPS) is 17.2. The van der Waals surface area contributed by atoms with E-state index in [4.69, 9.17) is 9.47 Å². The van der Waals surface area contributed by atoms with Crippen LogP contribution in [0.4, 0.5) is 26.3 Å². The molecule has 0 radical (unpaired) electrons. The van der Waals surface area contributed by atoms with Crippen LogP contribution < -0.4 is 9.47 Å². The van der Waals surface area contributed by atoms with E-state index in [1.165, 1.54) is 24.3 Å². The molecule has 3 rings (SSSR count). The fourth-order valence-electron chi connectivity index (χ4n) is 3.41. The van der Waals surface area contributed by atoms with E-state index in [1.54, 1.807) is 0 Å². The summed E-state index contributed by atoms with van der Waals surface area (Å²) in [6.45, 7) is 1.52. The lowest BCUT2D eigenvalue weighted by Crippen LogP contribution is -2.43. The third kappa shape index (κ3) is 7.03. The molecule has 1 heterocycles. The molecular formula is C22H23F6NO3. The highest BCUT2D eigenvalue weighted by molar-refractivity contribution is 5.29. The number of hydrogen-bond donors (Lipinski definition) is 1. The van der Waals surface area contributed by atoms with E-state index >= 15 is 0 Å². The molecule has 4 nitrogen and oxygen atoms in total. The van der Waals surface area contributed by atoms with E-state index in [-0.39, 0.29) is 18.5 Å². The average molecular weight is 463 g/mol. The van der Waals surface area contributed by atoms with Crippen molar-refractivity contribution in [1.29, 1.82) is 0 Å². The predicted molar refractivity (Wildman–Crippen MR) is 104 cm³/mol. The van der Waals surface area contributed by atoms with Gasteiger partial charge < -0.3 is 19.5 Å². The van der Waals surface area contributed by atoms with Crippen molar-refractivity contribution in [2.75, 3.05) is 26.2 Å². The monoisotopic (exact) mass is 463 g/mol. The van der Waals surface area contributed by atoms with Gasteiger partial charge in [0.15, 0.2) is 0 Å². The van der Waals surface area contributed by atoms with Gasteiger partial charge in [-0.1, -0.05) is 0 Å². The van der Waals surface area contributed by atoms with Gasteiger partial charge in [-0.15, -0.1) is 0 Å². The number of aliphatic hydroxyl groups excluding tert-OH is 1. The Hall–Kier alpha value is -2.46. The van der Waals surface area contributed by atoms with Gasteiger partial charge in [0.05, 0.1) is 11.1 Å². The van der Waals surface area contributed by atoms with Crippen LogP contribution in [0, 0.1) is 0 Å². The van der Waals surface area contributed by atoms with Crippen molar-refractivity contribution in [3.63, 3.8) is 0 Å². The molecule has 0 saturated carbocycles. The molecule has 2 aromatic carbocycles. The van der Waals surface area contributed by atoms with Crippen molar-refractivity contribution in [2.24, 2.45) is 0 Å². The second-order valence-corrected chi connectivity index (χ2v) is 7.63. The van der Waals surface area contributed by atoms with Crippen LogP contribution in [-0.2, 0) is 12.4 Å². The molecule has 1 atom stereocenters. The molecule has 1 unspecified atom stereocenters. The zero-order valence-electron chi connectivity index (χ0n) is 17.0. The summed E-state index contributed by atoms with van der Waals surface area (Å²) in [4.78, 5) is 2.01. The van der Waals surface area contributed by atoms with Crippen LogP contribution in [0.2, 0.25) is 0 Å². The second kappa shape index (κ2) is 9.99. The lowest BCUT2D eigenvalue weighted by atomic mass is 10.1. The van der Waals surface area contributed by atoms with Crippen molar-refractivity contribution in [3.8, 4) is 11.5 Å². The number of aliphatic hydroxyl groups is 1. The topological polar surface area (TPSA) is 41.9 Å². The number of rotatable bonds is 7. The third-order valence-electron chi connectivity index (χ3n) is 5.11. The van der Waals surface area contributed by atoms with Crippen molar-refractivity contribution in [1.82, 2.24) is 4.90 Å². The minimum Gasteiger partial charge on any atom is -0.491 e. The van der Waals surface area contributed by atoms with Crippen molar-refractivity contribution in [2.45, 2.75) is 37.4 Å². The van der Waals surface area contributed by atoms with Crippen LogP contribution in [0.5, 0.6) is 11.5 Å². The first-order valence-electron chi connectivity index (χ1n) is 10.0. The predicted octanol–water partition coefficient (Wildman–Crippen LogP) is 5.01. The molecule has 32 heavy (non-hydrogen) atoms. The Balaban J connectivity index is 1.38. The fourth-order valence-corrected chi connectivity index (χ4v) is 3.41. The molecule has 2 aromatic rings. The molecule has 10 heteroatoms. The van der Waals surface area contributed by atoms with Gasteiger partial charge in [-0.05, 0) is 61.4 Å². The van der Waals surface area contributed by atoms with Crippen molar-refractivity contribution in [3.05, 3.63) is 59.7 Å². The summed E-state index contributed by atoms with van der Waals surface area (Å²) in [5.74, 6) is 0.613. The minimum atomic E-state index is -4.42. The Morgan fingerprint density at radius 2 is 1.28 bits per heavy atom. The van der Waals surface area contributed by atoms with Gasteiger partial charge in [0, 0.05) is 19.6 Å². The Labute approximate surface area is 181 Å². The second-order valence-electron chi connectivity index (χ2n) is 7.63. The lowest BCUT2D eigenvalue weighted by molar-refractivity contribution is -0.138. The highest BCUT2D eigenvalue weighted by Crippen LogP contribution is 2.31. The summed E-state index contributed by atoms with van der Waals surface area (Å²) >= 11 is 0. The maximum Gasteiger partial charge on any atom is 0.416 e. The molecule has 1 fully saturated rings. The Morgan fingerprint density at radius 3 is 1.75 bits per heavy atom. The van der Waals surface area contributed by atoms with Gasteiger partial charge in [0.2, 0.25) is 0 Å². The number of benzene rings is 2. The van der Waals surface area contributed by atoms with E-state index < -0.39 is 29.6 Å². The first-order valence-corrected chi connectivity index (χ1v) is 10.0. The van der Waals surface area contributed by atoms with Crippen molar-refractivity contribution < 1.29 is 40.9 Å². The molecule has 0 bridgehead atoms. The van der Waals surface area contributed by atoms with Gasteiger partial charge in [-0.3, -0.25) is 0 Å². The van der Waals surface area contributed by atoms with Crippen LogP contribution >= 0.6 is 0 Å². The van der Waals surface area contributed by atoms with Crippen LogP contribution in [0.25, 0.3) is 0 Å². The number of ether oxygens (including phenoxy) is 2. The summed E-state index contributed by atoms with van der Waals surface area (Å²) < 4.78 is 86.7. The van der Waals surface area contributed by atoms with Crippen LogP contribution in [0.3, 0.4) is 0 Å². The quantitative estimate of drug-likeness (QED) is 0.587. The van der Waals surface area contributed by atoms with E-state index in [2.05, 4.69) is 0 Å². The molecule has 0 amide bonds. The van der Waals surface area contributed by atoms with E-state index in [9.17, 15) is 31.4 Å². The molecular weight excluding hydrogens is 440 g/mol. The maximum atomic E-state index is 12.6. The lowest BCUT2D eigenvalue weighted by Gasteiger charge is -2.33. The van der Waals surface area contributed by atoms with Crippen LogP contribution in [0.15, 0.2) is 48.5 Å². The Kier molecular flexibility index (Phi) is 7.55. The highest BCUT2D eigenvalue weighted by Gasteiger charge is 2.31. The summed E-state index contributed by atoms with van der Waals surface area (Å²) in [5.41, 5.74) is -1.50. The zero-order chi connectivity index (χ0) is 23.4. The Morgan fingerprint density at radius 1 is 0.812 bits per heavy atom. The highest BCUT2D eigenvalue weighted by atomic mass is 19.4. The number of piperidine rings is 1. The Bertz CT molecular complexity index is 844. The van der Waals surface area contributed by atoms with Gasteiger partial charge in [0.1, 0.15) is 30.3 Å². The number of hydrogen-bond acceptors (Lipinski definition) is 4. The molecule has 176 valence electrons. The number of alkyl halides is 6. The molecule has 1 aliphatic rings. The van der Waals surface area contributed by atoms with Crippen LogP contribution in [-0.4, -0.2) is 48.5 Å². The maximum absolute atomic E-state index is 12.6. The van der Waals surface area contributed by atoms with E-state index in [1.807, 2.05) is 4.90 Å². The number of nitrogens with zero attached hydrogens (tertiary/aromatic N) is 1. The standard InChI is InChI=1S/C22H23F6NO3/c23-21(24,25)15-1-5-18(6-2-15)31-14-17(30)13-29-11-9-20(10-12-29)32-19-7-3-16(4-8-19)22(26,27)28/h1-8,17,20,30H,9-14H2. The number of halogens is 6. The molecule has 1 saturated heterocycles. The van der Waals surface area contributed by atoms with E-state index in [0.29, 0.717) is 38.2 Å². The summed E-state index contributed by atoms with van der Waals surface area (Å²) in [5, 5.41) is 10.2. The number of likely N-dealkylation sites (tertiary alicyclic amines) is 1. The van der Waals surface area contributed by atoms with E-state index in [0.717, 1.165) is 24.3 Å². The molecule has 0 aliphatic carbocycles. The smallest absolute Gasteiger partial charge is 0.416 e. The molecule has 0 spiro atoms. The van der Waals surface area contributed by atoms with Crippen molar-refractivity contribution >= 4 is 0 Å². The third-order valence-corrected chi connectivity index (χ3v) is 5.11. The molecule has 0 aromatic heterocycles. The largest absolute Gasteiger partial charge is 0.491 e. The summed E-state index contributed by atoms with van der Waals surface area (Å²) in [6.07, 6.45) is -8.48. The fraction of sp³-hybridized carbons (Fsp3) is 0.455. The average Bonchev–Trinajstić information content (AvgIpc) is 2.73. The first kappa shape index (κ1) is 24.2. The van der Waals surface area contributed by atoms with Gasteiger partial charge in [-0.2, -0.15) is 26.3 Å². The SMILES string of the molecule is OC(COc1ccc(C(F)(F)F)cc1)CN1CCC(Oc2ccc(C(F)(F)F)cc2)CC1. The van der Waals surface area contributed by atoms with Crippen LogP contribution in [0.1, 0.15) is 24.0 Å².